The molecule has 1 aliphatic rings. The molecule has 21 heavy (non-hydrogen) atoms. The van der Waals surface area contributed by atoms with Crippen LogP contribution in [0.1, 0.15) is 29.6 Å². The van der Waals surface area contributed by atoms with Gasteiger partial charge in [-0.2, -0.15) is 0 Å². The van der Waals surface area contributed by atoms with Gasteiger partial charge in [0.25, 0.3) is 11.6 Å². The van der Waals surface area contributed by atoms with Gasteiger partial charge in [-0.3, -0.25) is 14.9 Å². The monoisotopic (exact) mass is 311 g/mol. The Bertz CT molecular complexity index is 564. The molecule has 7 heteroatoms. The highest BCUT2D eigenvalue weighted by Gasteiger charge is 2.34. The Labute approximate surface area is 128 Å². The van der Waals surface area contributed by atoms with Crippen molar-refractivity contribution in [1.82, 2.24) is 4.90 Å². The van der Waals surface area contributed by atoms with E-state index in [-0.39, 0.29) is 29.1 Å². The fourth-order valence-corrected chi connectivity index (χ4v) is 3.15. The van der Waals surface area contributed by atoms with Crippen LogP contribution in [0.15, 0.2) is 18.2 Å². The zero-order valence-electron chi connectivity index (χ0n) is 11.8. The highest BCUT2D eigenvalue weighted by Crippen LogP contribution is 2.31. The van der Waals surface area contributed by atoms with Crippen LogP contribution in [0.5, 0.6) is 0 Å². The Morgan fingerprint density at radius 1 is 1.52 bits per heavy atom. The summed E-state index contributed by atoms with van der Waals surface area (Å²) in [4.78, 5) is 24.7. The fourth-order valence-electron chi connectivity index (χ4n) is 2.98. The molecule has 2 atom stereocenters. The van der Waals surface area contributed by atoms with E-state index in [1.807, 2.05) is 0 Å². The zero-order chi connectivity index (χ0) is 15.6. The molecule has 1 fully saturated rings. The summed E-state index contributed by atoms with van der Waals surface area (Å²) in [5.74, 6) is -0.133. The summed E-state index contributed by atoms with van der Waals surface area (Å²) in [6, 6.07) is 4.05. The standard InChI is InChI=1S/C14H18ClN3O3/c1-17(12-4-2-3-9(12)8-16)14(19)11-7-10(15)5-6-13(11)18(20)21/h5-7,9,12H,2-4,8,16H2,1H3. The van der Waals surface area contributed by atoms with Gasteiger partial charge in [-0.25, -0.2) is 0 Å². The van der Waals surface area contributed by atoms with Gasteiger partial charge in [0.05, 0.1) is 4.92 Å². The molecule has 1 aromatic carbocycles. The van der Waals surface area contributed by atoms with Gasteiger partial charge in [0.15, 0.2) is 0 Å². The molecule has 2 unspecified atom stereocenters. The minimum absolute atomic E-state index is 0.0256. The highest BCUT2D eigenvalue weighted by molar-refractivity contribution is 6.31. The number of halogens is 1. The molecule has 0 radical (unpaired) electrons. The third kappa shape index (κ3) is 3.16. The van der Waals surface area contributed by atoms with Gasteiger partial charge in [0.1, 0.15) is 5.56 Å². The Hall–Kier alpha value is -1.66. The van der Waals surface area contributed by atoms with E-state index in [2.05, 4.69) is 0 Å². The van der Waals surface area contributed by atoms with Gasteiger partial charge in [-0.05, 0) is 37.4 Å². The maximum absolute atomic E-state index is 12.6. The van der Waals surface area contributed by atoms with Crippen molar-refractivity contribution in [3.05, 3.63) is 38.9 Å². The minimum atomic E-state index is -0.563. The van der Waals surface area contributed by atoms with Crippen LogP contribution in [0, 0.1) is 16.0 Å². The zero-order valence-corrected chi connectivity index (χ0v) is 12.5. The predicted molar refractivity (Wildman–Crippen MR) is 80.4 cm³/mol. The van der Waals surface area contributed by atoms with E-state index in [4.69, 9.17) is 17.3 Å². The first-order chi connectivity index (χ1) is 9.95. The van der Waals surface area contributed by atoms with Crippen molar-refractivity contribution in [1.29, 1.82) is 0 Å². The van der Waals surface area contributed by atoms with Crippen LogP contribution in [0.2, 0.25) is 5.02 Å². The number of nitro groups is 1. The van der Waals surface area contributed by atoms with Crippen molar-refractivity contribution in [3.8, 4) is 0 Å². The maximum Gasteiger partial charge on any atom is 0.282 e. The summed E-state index contributed by atoms with van der Waals surface area (Å²) in [7, 11) is 1.67. The Morgan fingerprint density at radius 3 is 2.86 bits per heavy atom. The van der Waals surface area contributed by atoms with Crippen molar-refractivity contribution in [2.75, 3.05) is 13.6 Å². The lowest BCUT2D eigenvalue weighted by atomic mass is 10.0. The summed E-state index contributed by atoms with van der Waals surface area (Å²) >= 11 is 5.87. The molecule has 0 aromatic heterocycles. The third-order valence-corrected chi connectivity index (χ3v) is 4.36. The number of carbonyl (C=O) groups excluding carboxylic acids is 1. The first-order valence-electron chi connectivity index (χ1n) is 6.87. The van der Waals surface area contributed by atoms with Crippen LogP contribution < -0.4 is 5.73 Å². The van der Waals surface area contributed by atoms with Crippen LogP contribution in [0.25, 0.3) is 0 Å². The first kappa shape index (κ1) is 15.7. The normalized spacial score (nSPS) is 21.3. The topological polar surface area (TPSA) is 89.5 Å². The number of nitrogens with zero attached hydrogens (tertiary/aromatic N) is 2. The molecule has 6 nitrogen and oxygen atoms in total. The van der Waals surface area contributed by atoms with Crippen LogP contribution in [0.3, 0.4) is 0 Å². The van der Waals surface area contributed by atoms with E-state index >= 15 is 0 Å². The van der Waals surface area contributed by atoms with Crippen molar-refractivity contribution in [2.45, 2.75) is 25.3 Å². The lowest BCUT2D eigenvalue weighted by molar-refractivity contribution is -0.385. The van der Waals surface area contributed by atoms with Gasteiger partial charge in [0, 0.05) is 24.2 Å². The van der Waals surface area contributed by atoms with E-state index in [1.54, 1.807) is 11.9 Å². The molecule has 1 saturated carbocycles. The fraction of sp³-hybridized carbons (Fsp3) is 0.500. The maximum atomic E-state index is 12.6. The number of hydrogen-bond donors (Lipinski definition) is 1. The minimum Gasteiger partial charge on any atom is -0.338 e. The van der Waals surface area contributed by atoms with Gasteiger partial charge in [-0.1, -0.05) is 18.0 Å². The number of nitrogens with two attached hydrogens (primary N) is 1. The lowest BCUT2D eigenvalue weighted by Gasteiger charge is -2.29. The predicted octanol–water partition coefficient (Wildman–Crippen LogP) is 2.45. The molecule has 0 heterocycles. The van der Waals surface area contributed by atoms with Crippen LogP contribution in [-0.4, -0.2) is 35.4 Å². The lowest BCUT2D eigenvalue weighted by Crippen LogP contribution is -2.41. The molecule has 0 bridgehead atoms. The molecule has 0 saturated heterocycles. The molecule has 2 rings (SSSR count). The summed E-state index contributed by atoms with van der Waals surface area (Å²) in [5, 5.41) is 11.4. The molecule has 2 N–H and O–H groups in total. The Balaban J connectivity index is 2.31. The largest absolute Gasteiger partial charge is 0.338 e. The second kappa shape index (κ2) is 6.41. The molecule has 0 aliphatic heterocycles. The number of rotatable bonds is 4. The van der Waals surface area contributed by atoms with Crippen LogP contribution >= 0.6 is 11.6 Å². The number of hydrogen-bond acceptors (Lipinski definition) is 4. The van der Waals surface area contributed by atoms with Gasteiger partial charge in [-0.15, -0.1) is 0 Å². The van der Waals surface area contributed by atoms with Crippen molar-refractivity contribution in [2.24, 2.45) is 11.7 Å². The molecule has 1 aliphatic carbocycles. The highest BCUT2D eigenvalue weighted by atomic mass is 35.5. The summed E-state index contributed by atoms with van der Waals surface area (Å²) in [5.41, 5.74) is 5.54. The first-order valence-corrected chi connectivity index (χ1v) is 7.24. The summed E-state index contributed by atoms with van der Waals surface area (Å²) in [6.45, 7) is 0.514. The summed E-state index contributed by atoms with van der Waals surface area (Å²) in [6.07, 6.45) is 2.87. The number of carbonyl (C=O) groups is 1. The van der Waals surface area contributed by atoms with E-state index in [0.717, 1.165) is 19.3 Å². The van der Waals surface area contributed by atoms with Gasteiger partial charge < -0.3 is 10.6 Å². The smallest absolute Gasteiger partial charge is 0.282 e. The van der Waals surface area contributed by atoms with Gasteiger partial charge >= 0.3 is 0 Å². The Kier molecular flexibility index (Phi) is 4.80. The molecule has 1 amide bonds. The quantitative estimate of drug-likeness (QED) is 0.683. The number of amides is 1. The van der Waals surface area contributed by atoms with Crippen molar-refractivity contribution in [3.63, 3.8) is 0 Å². The average Bonchev–Trinajstić information content (AvgIpc) is 2.93. The van der Waals surface area contributed by atoms with E-state index < -0.39 is 4.92 Å². The average molecular weight is 312 g/mol. The van der Waals surface area contributed by atoms with Crippen molar-refractivity contribution >= 4 is 23.2 Å². The SMILES string of the molecule is CN(C(=O)c1cc(Cl)ccc1[N+](=O)[O-])C1CCCC1CN. The molecular formula is C14H18ClN3O3. The summed E-state index contributed by atoms with van der Waals surface area (Å²) < 4.78 is 0. The van der Waals surface area contributed by atoms with E-state index in [9.17, 15) is 14.9 Å². The van der Waals surface area contributed by atoms with E-state index in [0.29, 0.717) is 11.6 Å². The number of benzene rings is 1. The second-order valence-electron chi connectivity index (χ2n) is 5.33. The molecular weight excluding hydrogens is 294 g/mol. The third-order valence-electron chi connectivity index (χ3n) is 4.13. The van der Waals surface area contributed by atoms with Gasteiger partial charge in [0.2, 0.25) is 0 Å². The molecule has 0 spiro atoms. The van der Waals surface area contributed by atoms with Crippen LogP contribution in [-0.2, 0) is 0 Å². The number of nitro benzene ring substituents is 1. The van der Waals surface area contributed by atoms with E-state index in [1.165, 1.54) is 18.2 Å². The molecule has 1 aromatic rings. The second-order valence-corrected chi connectivity index (χ2v) is 5.77. The molecule has 114 valence electrons. The van der Waals surface area contributed by atoms with Crippen molar-refractivity contribution < 1.29 is 9.72 Å². The Morgan fingerprint density at radius 2 is 2.24 bits per heavy atom. The van der Waals surface area contributed by atoms with Crippen LogP contribution in [0.4, 0.5) is 5.69 Å².